The summed E-state index contributed by atoms with van der Waals surface area (Å²) in [6.07, 6.45) is 4.51. The molecule has 1 N–H and O–H groups in total. The summed E-state index contributed by atoms with van der Waals surface area (Å²) in [4.78, 5) is 0. The van der Waals surface area contributed by atoms with E-state index in [1.807, 2.05) is 36.5 Å². The average molecular weight is 378 g/mol. The number of hydrogen-bond acceptors (Lipinski definition) is 6. The molecule has 0 amide bonds. The Hall–Kier alpha value is -3.24. The van der Waals surface area contributed by atoms with Gasteiger partial charge in [0.1, 0.15) is 35.3 Å². The van der Waals surface area contributed by atoms with Gasteiger partial charge < -0.3 is 19.5 Å². The molecule has 0 bridgehead atoms. The van der Waals surface area contributed by atoms with Gasteiger partial charge in [-0.3, -0.25) is 0 Å². The Bertz CT molecular complexity index is 985. The van der Waals surface area contributed by atoms with Crippen molar-refractivity contribution in [2.24, 2.45) is 5.92 Å². The van der Waals surface area contributed by atoms with Crippen LogP contribution in [0.15, 0.2) is 42.7 Å². The summed E-state index contributed by atoms with van der Waals surface area (Å²) in [5, 5.41) is 17.1. The van der Waals surface area contributed by atoms with Crippen LogP contribution in [0.2, 0.25) is 0 Å². The van der Waals surface area contributed by atoms with E-state index in [4.69, 9.17) is 14.2 Å². The third-order valence-electron chi connectivity index (χ3n) is 4.87. The standard InChI is InChI=1S/C21H22N4O3/c1-26-19-4-2-15(3-5-19)14-28-20-8-18(23-10-16-6-7-27-13-16)12-25-21(20)17(9-22)11-24-25/h2-5,8,11-12,16,23H,6-7,10,13-14H2,1H3. The summed E-state index contributed by atoms with van der Waals surface area (Å²) in [6.45, 7) is 2.83. The van der Waals surface area contributed by atoms with E-state index in [0.717, 1.165) is 43.2 Å². The van der Waals surface area contributed by atoms with Gasteiger partial charge in [0.05, 0.1) is 31.8 Å². The van der Waals surface area contributed by atoms with Crippen molar-refractivity contribution in [1.29, 1.82) is 5.26 Å². The summed E-state index contributed by atoms with van der Waals surface area (Å²) in [5.41, 5.74) is 3.07. The molecule has 1 aliphatic heterocycles. The van der Waals surface area contributed by atoms with Crippen LogP contribution in [0.25, 0.3) is 5.52 Å². The molecule has 1 saturated heterocycles. The summed E-state index contributed by atoms with van der Waals surface area (Å²) < 4.78 is 18.4. The fourth-order valence-corrected chi connectivity index (χ4v) is 3.26. The Morgan fingerprint density at radius 1 is 1.36 bits per heavy atom. The molecule has 7 heteroatoms. The highest BCUT2D eigenvalue weighted by Gasteiger charge is 2.17. The largest absolute Gasteiger partial charge is 0.497 e. The maximum Gasteiger partial charge on any atom is 0.149 e. The minimum Gasteiger partial charge on any atom is -0.497 e. The second-order valence-corrected chi connectivity index (χ2v) is 6.80. The average Bonchev–Trinajstić information content (AvgIpc) is 3.40. The normalized spacial score (nSPS) is 16.1. The molecule has 1 aromatic carbocycles. The van der Waals surface area contributed by atoms with Crippen LogP contribution < -0.4 is 14.8 Å². The quantitative estimate of drug-likeness (QED) is 0.680. The highest BCUT2D eigenvalue weighted by atomic mass is 16.5. The Morgan fingerprint density at radius 3 is 2.93 bits per heavy atom. The lowest BCUT2D eigenvalue weighted by Gasteiger charge is -2.14. The number of ether oxygens (including phenoxy) is 3. The molecule has 1 fully saturated rings. The molecular weight excluding hydrogens is 356 g/mol. The second kappa shape index (κ2) is 8.19. The van der Waals surface area contributed by atoms with E-state index >= 15 is 0 Å². The molecule has 1 aliphatic rings. The van der Waals surface area contributed by atoms with Crippen molar-refractivity contribution < 1.29 is 14.2 Å². The van der Waals surface area contributed by atoms with Crippen molar-refractivity contribution >= 4 is 11.2 Å². The van der Waals surface area contributed by atoms with Crippen LogP contribution in [0.3, 0.4) is 0 Å². The van der Waals surface area contributed by atoms with Crippen LogP contribution in [0.4, 0.5) is 5.69 Å². The molecule has 3 aromatic rings. The maximum atomic E-state index is 9.41. The lowest BCUT2D eigenvalue weighted by molar-refractivity contribution is 0.187. The monoisotopic (exact) mass is 378 g/mol. The van der Waals surface area contributed by atoms with Crippen molar-refractivity contribution in [2.75, 3.05) is 32.2 Å². The zero-order valence-corrected chi connectivity index (χ0v) is 15.7. The predicted octanol–water partition coefficient (Wildman–Crippen LogP) is 3.24. The number of pyridine rings is 1. The number of fused-ring (bicyclic) bond motifs is 1. The van der Waals surface area contributed by atoms with E-state index < -0.39 is 0 Å². The molecule has 144 valence electrons. The molecule has 3 heterocycles. The van der Waals surface area contributed by atoms with Crippen LogP contribution in [-0.4, -0.2) is 36.5 Å². The SMILES string of the molecule is COc1ccc(COc2cc(NCC3CCOC3)cn3ncc(C#N)c23)cc1. The van der Waals surface area contributed by atoms with Gasteiger partial charge in [0, 0.05) is 25.1 Å². The number of methoxy groups -OCH3 is 1. The van der Waals surface area contributed by atoms with Gasteiger partial charge in [0.15, 0.2) is 0 Å². The van der Waals surface area contributed by atoms with Crippen molar-refractivity contribution in [3.63, 3.8) is 0 Å². The fourth-order valence-electron chi connectivity index (χ4n) is 3.26. The van der Waals surface area contributed by atoms with E-state index in [0.29, 0.717) is 29.4 Å². The maximum absolute atomic E-state index is 9.41. The molecule has 1 unspecified atom stereocenters. The summed E-state index contributed by atoms with van der Waals surface area (Å²) in [5.74, 6) is 1.93. The smallest absolute Gasteiger partial charge is 0.149 e. The number of benzene rings is 1. The lowest BCUT2D eigenvalue weighted by Crippen LogP contribution is -2.14. The van der Waals surface area contributed by atoms with E-state index in [-0.39, 0.29) is 0 Å². The Morgan fingerprint density at radius 2 is 2.21 bits per heavy atom. The third-order valence-corrected chi connectivity index (χ3v) is 4.87. The molecule has 4 rings (SSSR count). The Balaban J connectivity index is 1.56. The van der Waals surface area contributed by atoms with Crippen LogP contribution >= 0.6 is 0 Å². The van der Waals surface area contributed by atoms with Crippen LogP contribution in [0.5, 0.6) is 11.5 Å². The molecule has 0 radical (unpaired) electrons. The van der Waals surface area contributed by atoms with E-state index in [1.165, 1.54) is 0 Å². The molecule has 7 nitrogen and oxygen atoms in total. The first-order chi connectivity index (χ1) is 13.8. The van der Waals surface area contributed by atoms with Crippen molar-refractivity contribution in [3.05, 3.63) is 53.9 Å². The summed E-state index contributed by atoms with van der Waals surface area (Å²) in [6, 6.07) is 11.8. The number of nitriles is 1. The molecule has 0 saturated carbocycles. The minimum absolute atomic E-state index is 0.385. The fraction of sp³-hybridized carbons (Fsp3) is 0.333. The number of nitrogens with one attached hydrogen (secondary N) is 1. The number of hydrogen-bond donors (Lipinski definition) is 1. The Kier molecular flexibility index (Phi) is 5.31. The zero-order chi connectivity index (χ0) is 19.3. The molecule has 1 atom stereocenters. The van der Waals surface area contributed by atoms with Gasteiger partial charge in [0.2, 0.25) is 0 Å². The van der Waals surface area contributed by atoms with Crippen molar-refractivity contribution in [2.45, 2.75) is 13.0 Å². The van der Waals surface area contributed by atoms with Crippen LogP contribution in [0, 0.1) is 17.2 Å². The van der Waals surface area contributed by atoms with Gasteiger partial charge >= 0.3 is 0 Å². The first kappa shape index (κ1) is 18.1. The Labute approximate surface area is 163 Å². The summed E-state index contributed by atoms with van der Waals surface area (Å²) >= 11 is 0. The topological polar surface area (TPSA) is 80.8 Å². The van der Waals surface area contributed by atoms with Gasteiger partial charge in [-0.05, 0) is 24.1 Å². The summed E-state index contributed by atoms with van der Waals surface area (Å²) in [7, 11) is 1.64. The highest BCUT2D eigenvalue weighted by Crippen LogP contribution is 2.28. The number of aromatic nitrogens is 2. The lowest BCUT2D eigenvalue weighted by atomic mass is 10.1. The molecule has 0 spiro atoms. The number of rotatable bonds is 7. The van der Waals surface area contributed by atoms with Gasteiger partial charge in [-0.25, -0.2) is 4.52 Å². The zero-order valence-electron chi connectivity index (χ0n) is 15.7. The first-order valence-electron chi connectivity index (χ1n) is 9.25. The van der Waals surface area contributed by atoms with Crippen molar-refractivity contribution in [3.8, 4) is 17.6 Å². The minimum atomic E-state index is 0.385. The second-order valence-electron chi connectivity index (χ2n) is 6.80. The first-order valence-corrected chi connectivity index (χ1v) is 9.25. The van der Waals surface area contributed by atoms with E-state index in [1.54, 1.807) is 17.8 Å². The predicted molar refractivity (Wildman–Crippen MR) is 105 cm³/mol. The molecule has 0 aliphatic carbocycles. The third kappa shape index (κ3) is 3.87. The van der Waals surface area contributed by atoms with E-state index in [9.17, 15) is 5.26 Å². The highest BCUT2D eigenvalue weighted by molar-refractivity contribution is 5.72. The molecule has 2 aromatic heterocycles. The molecule has 28 heavy (non-hydrogen) atoms. The van der Waals surface area contributed by atoms with Gasteiger partial charge in [-0.15, -0.1) is 0 Å². The van der Waals surface area contributed by atoms with Gasteiger partial charge in [-0.1, -0.05) is 12.1 Å². The van der Waals surface area contributed by atoms with Crippen LogP contribution in [-0.2, 0) is 11.3 Å². The number of nitrogens with zero attached hydrogens (tertiary/aromatic N) is 3. The molecular formula is C21H22N4O3. The number of anilines is 1. The van der Waals surface area contributed by atoms with Crippen molar-refractivity contribution in [1.82, 2.24) is 9.61 Å². The van der Waals surface area contributed by atoms with Gasteiger partial charge in [-0.2, -0.15) is 10.4 Å². The van der Waals surface area contributed by atoms with Gasteiger partial charge in [0.25, 0.3) is 0 Å². The van der Waals surface area contributed by atoms with E-state index in [2.05, 4.69) is 16.5 Å². The van der Waals surface area contributed by atoms with Crippen LogP contribution in [0.1, 0.15) is 17.5 Å².